The number of aromatic nitrogens is 4. The molecule has 158 valence electrons. The van der Waals surface area contributed by atoms with E-state index in [-0.39, 0.29) is 6.04 Å². The van der Waals surface area contributed by atoms with E-state index in [0.29, 0.717) is 0 Å². The summed E-state index contributed by atoms with van der Waals surface area (Å²) in [7, 11) is 8.35. The number of aromatic amines is 1. The first-order chi connectivity index (χ1) is 14.4. The van der Waals surface area contributed by atoms with Crippen molar-refractivity contribution in [2.75, 3.05) is 56.4 Å². The summed E-state index contributed by atoms with van der Waals surface area (Å²) in [6, 6.07) is 12.6. The summed E-state index contributed by atoms with van der Waals surface area (Å²) in [5.41, 5.74) is 3.58. The van der Waals surface area contributed by atoms with Gasteiger partial charge in [0, 0.05) is 57.1 Å². The number of H-pyrrole nitrogens is 1. The van der Waals surface area contributed by atoms with Crippen LogP contribution in [-0.4, -0.2) is 66.3 Å². The summed E-state index contributed by atoms with van der Waals surface area (Å²) < 4.78 is 0. The fourth-order valence-electron chi connectivity index (χ4n) is 3.74. The molecule has 1 aliphatic heterocycles. The van der Waals surface area contributed by atoms with Crippen LogP contribution >= 0.6 is 0 Å². The monoisotopic (exact) mass is 406 g/mol. The smallest absolute Gasteiger partial charge is 0.155 e. The first kappa shape index (κ1) is 20.2. The van der Waals surface area contributed by atoms with Crippen molar-refractivity contribution in [2.24, 2.45) is 0 Å². The summed E-state index contributed by atoms with van der Waals surface area (Å²) >= 11 is 0. The Morgan fingerprint density at radius 2 is 1.90 bits per heavy atom. The minimum Gasteiger partial charge on any atom is -0.364 e. The zero-order valence-electron chi connectivity index (χ0n) is 18.3. The van der Waals surface area contributed by atoms with Gasteiger partial charge < -0.3 is 20.0 Å². The number of likely N-dealkylation sites (N-methyl/N-ethyl adjacent to an activating group) is 3. The Balaban J connectivity index is 1.66. The summed E-state index contributed by atoms with van der Waals surface area (Å²) in [6.07, 6.45) is 0.901. The Kier molecular flexibility index (Phi) is 5.59. The molecule has 0 fully saturated rings. The van der Waals surface area contributed by atoms with Gasteiger partial charge in [-0.2, -0.15) is 5.10 Å². The summed E-state index contributed by atoms with van der Waals surface area (Å²) in [5.74, 6) is 3.23. The van der Waals surface area contributed by atoms with Crippen molar-refractivity contribution in [3.05, 3.63) is 53.5 Å². The first-order valence-electron chi connectivity index (χ1n) is 10.3. The van der Waals surface area contributed by atoms with Crippen molar-refractivity contribution in [3.63, 3.8) is 0 Å². The molecule has 1 aliphatic rings. The highest BCUT2D eigenvalue weighted by molar-refractivity contribution is 5.61. The maximum atomic E-state index is 4.96. The van der Waals surface area contributed by atoms with Crippen LogP contribution in [-0.2, 0) is 6.42 Å². The SMILES string of the molecule is Cc1cc(Nc2cc(N(C)CCN(C)C)nc(C3Cc4ccccc4N3C)n2)n[nH]1. The number of rotatable bonds is 7. The Morgan fingerprint density at radius 3 is 2.60 bits per heavy atom. The molecule has 8 nitrogen and oxygen atoms in total. The highest BCUT2D eigenvalue weighted by atomic mass is 15.3. The molecule has 0 saturated heterocycles. The fraction of sp³-hybridized carbons (Fsp3) is 0.409. The Morgan fingerprint density at radius 1 is 1.10 bits per heavy atom. The van der Waals surface area contributed by atoms with Crippen LogP contribution in [0.15, 0.2) is 36.4 Å². The van der Waals surface area contributed by atoms with Crippen LogP contribution in [0.5, 0.6) is 0 Å². The molecule has 2 N–H and O–H groups in total. The van der Waals surface area contributed by atoms with Gasteiger partial charge in [-0.05, 0) is 32.6 Å². The second kappa shape index (κ2) is 8.31. The molecule has 8 heteroatoms. The van der Waals surface area contributed by atoms with E-state index in [4.69, 9.17) is 9.97 Å². The summed E-state index contributed by atoms with van der Waals surface area (Å²) in [6.45, 7) is 3.81. The molecule has 1 unspecified atom stereocenters. The minimum atomic E-state index is 0.103. The van der Waals surface area contributed by atoms with E-state index in [1.54, 1.807) is 0 Å². The van der Waals surface area contributed by atoms with Gasteiger partial charge in [-0.15, -0.1) is 0 Å². The molecule has 30 heavy (non-hydrogen) atoms. The van der Waals surface area contributed by atoms with Gasteiger partial charge >= 0.3 is 0 Å². The number of benzene rings is 1. The van der Waals surface area contributed by atoms with Crippen molar-refractivity contribution >= 4 is 23.1 Å². The lowest BCUT2D eigenvalue weighted by Crippen LogP contribution is -2.30. The van der Waals surface area contributed by atoms with Crippen molar-refractivity contribution in [2.45, 2.75) is 19.4 Å². The van der Waals surface area contributed by atoms with Gasteiger partial charge in [0.25, 0.3) is 0 Å². The van der Waals surface area contributed by atoms with Gasteiger partial charge in [-0.3, -0.25) is 5.10 Å². The normalized spacial score (nSPS) is 15.5. The lowest BCUT2D eigenvalue weighted by molar-refractivity contribution is 0.416. The Labute approximate surface area is 177 Å². The van der Waals surface area contributed by atoms with Gasteiger partial charge in [-0.25, -0.2) is 9.97 Å². The molecule has 0 amide bonds. The number of fused-ring (bicyclic) bond motifs is 1. The molecule has 4 rings (SSSR count). The van der Waals surface area contributed by atoms with Crippen LogP contribution < -0.4 is 15.1 Å². The molecule has 0 saturated carbocycles. The third-order valence-corrected chi connectivity index (χ3v) is 5.52. The van der Waals surface area contributed by atoms with Crippen molar-refractivity contribution < 1.29 is 0 Å². The molecule has 1 atom stereocenters. The van der Waals surface area contributed by atoms with E-state index in [1.807, 2.05) is 19.1 Å². The molecule has 0 bridgehead atoms. The highest BCUT2D eigenvalue weighted by Gasteiger charge is 2.30. The minimum absolute atomic E-state index is 0.103. The van der Waals surface area contributed by atoms with Gasteiger partial charge in [0.05, 0.1) is 6.04 Å². The van der Waals surface area contributed by atoms with E-state index >= 15 is 0 Å². The molecule has 1 aromatic carbocycles. The number of hydrogen-bond donors (Lipinski definition) is 2. The third kappa shape index (κ3) is 4.23. The standard InChI is InChI=1S/C22H30N8/c1-15-12-20(27-26-15)23-19-14-21(29(4)11-10-28(2)3)25-22(24-19)18-13-16-8-6-7-9-17(16)30(18)5/h6-9,12,14,18H,10-11,13H2,1-5H3,(H2,23,24,25,26,27). The lowest BCUT2D eigenvalue weighted by atomic mass is 10.1. The van der Waals surface area contributed by atoms with Crippen LogP contribution in [0.3, 0.4) is 0 Å². The number of para-hydroxylation sites is 1. The predicted molar refractivity (Wildman–Crippen MR) is 122 cm³/mol. The van der Waals surface area contributed by atoms with Crippen molar-refractivity contribution in [3.8, 4) is 0 Å². The van der Waals surface area contributed by atoms with Gasteiger partial charge in [-0.1, -0.05) is 18.2 Å². The van der Waals surface area contributed by atoms with Gasteiger partial charge in [0.2, 0.25) is 0 Å². The quantitative estimate of drug-likeness (QED) is 0.625. The van der Waals surface area contributed by atoms with Crippen LogP contribution in [0.1, 0.15) is 23.1 Å². The summed E-state index contributed by atoms with van der Waals surface area (Å²) in [5, 5.41) is 10.6. The molecule has 2 aromatic heterocycles. The van der Waals surface area contributed by atoms with Crippen LogP contribution in [0.4, 0.5) is 23.1 Å². The maximum Gasteiger partial charge on any atom is 0.155 e. The Hall–Kier alpha value is -3.13. The van der Waals surface area contributed by atoms with Crippen LogP contribution in [0, 0.1) is 6.92 Å². The lowest BCUT2D eigenvalue weighted by Gasteiger charge is -2.25. The average molecular weight is 407 g/mol. The molecule has 0 aliphatic carbocycles. The zero-order chi connectivity index (χ0) is 21.3. The molecule has 3 heterocycles. The van der Waals surface area contributed by atoms with E-state index in [2.05, 4.69) is 82.7 Å². The predicted octanol–water partition coefficient (Wildman–Crippen LogP) is 2.98. The molecular formula is C22H30N8. The summed E-state index contributed by atoms with van der Waals surface area (Å²) in [4.78, 5) is 16.5. The third-order valence-electron chi connectivity index (χ3n) is 5.52. The average Bonchev–Trinajstić information content (AvgIpc) is 3.29. The van der Waals surface area contributed by atoms with Crippen molar-refractivity contribution in [1.29, 1.82) is 0 Å². The number of nitrogens with zero attached hydrogens (tertiary/aromatic N) is 6. The van der Waals surface area contributed by atoms with Crippen LogP contribution in [0.2, 0.25) is 0 Å². The van der Waals surface area contributed by atoms with E-state index in [1.165, 1.54) is 11.3 Å². The molecule has 0 radical (unpaired) electrons. The highest BCUT2D eigenvalue weighted by Crippen LogP contribution is 2.38. The first-order valence-corrected chi connectivity index (χ1v) is 10.3. The second-order valence-corrected chi connectivity index (χ2v) is 8.22. The number of nitrogens with one attached hydrogen (secondary N) is 2. The zero-order valence-corrected chi connectivity index (χ0v) is 18.3. The second-order valence-electron chi connectivity index (χ2n) is 8.22. The van der Waals surface area contributed by atoms with E-state index in [9.17, 15) is 0 Å². The topological polar surface area (TPSA) is 76.2 Å². The van der Waals surface area contributed by atoms with E-state index in [0.717, 1.165) is 48.5 Å². The fourth-order valence-corrected chi connectivity index (χ4v) is 3.74. The molecule has 3 aromatic rings. The maximum absolute atomic E-state index is 4.96. The molecule has 0 spiro atoms. The van der Waals surface area contributed by atoms with Gasteiger partial charge in [0.15, 0.2) is 11.6 Å². The van der Waals surface area contributed by atoms with Gasteiger partial charge in [0.1, 0.15) is 11.6 Å². The number of hydrogen-bond acceptors (Lipinski definition) is 7. The Bertz CT molecular complexity index is 1010. The van der Waals surface area contributed by atoms with Crippen molar-refractivity contribution in [1.82, 2.24) is 25.1 Å². The largest absolute Gasteiger partial charge is 0.364 e. The molecular weight excluding hydrogens is 376 g/mol. The number of aryl methyl sites for hydroxylation is 1. The number of anilines is 4. The van der Waals surface area contributed by atoms with E-state index < -0.39 is 0 Å². The van der Waals surface area contributed by atoms with Crippen LogP contribution in [0.25, 0.3) is 0 Å².